The van der Waals surface area contributed by atoms with E-state index in [0.29, 0.717) is 12.1 Å². The van der Waals surface area contributed by atoms with Gasteiger partial charge in [-0.15, -0.1) is 10.8 Å². The predicted molar refractivity (Wildman–Crippen MR) is 117 cm³/mol. The third-order valence-electron chi connectivity index (χ3n) is 5.92. The molecule has 0 radical (unpaired) electrons. The lowest BCUT2D eigenvalue weighted by molar-refractivity contribution is 0.102. The van der Waals surface area contributed by atoms with E-state index in [9.17, 15) is 13.9 Å². The SMILES string of the molecule is Cc1cnc(C(=O)Nc2ccc3c(c2)[C@@]2(C)N=C(N)N(C)S(O)(O)[C@H]2CCC3)cn1. The number of aromatic nitrogens is 2. The van der Waals surface area contributed by atoms with Gasteiger partial charge in [0.1, 0.15) is 11.2 Å². The normalized spacial score (nSPS) is 26.0. The van der Waals surface area contributed by atoms with Crippen LogP contribution in [0.15, 0.2) is 35.6 Å². The van der Waals surface area contributed by atoms with Gasteiger partial charge in [0.2, 0.25) is 5.96 Å². The first kappa shape index (κ1) is 20.6. The van der Waals surface area contributed by atoms with Crippen LogP contribution in [0.5, 0.6) is 0 Å². The molecule has 9 nitrogen and oxygen atoms in total. The molecule has 2 atom stereocenters. The molecule has 0 saturated carbocycles. The number of nitrogens with two attached hydrogens (primary N) is 1. The number of guanidine groups is 1. The number of aliphatic imine (C=N–C) groups is 1. The molecule has 10 heteroatoms. The fourth-order valence-electron chi connectivity index (χ4n) is 4.22. The van der Waals surface area contributed by atoms with E-state index in [1.54, 1.807) is 20.2 Å². The van der Waals surface area contributed by atoms with Crippen LogP contribution < -0.4 is 11.1 Å². The maximum atomic E-state index is 12.6. The van der Waals surface area contributed by atoms with E-state index in [0.717, 1.165) is 29.7 Å². The molecule has 1 aromatic heterocycles. The standard InChI is InChI=1S/C20H26N6O3S/c1-12-10-23-16(11-22-12)18(27)24-14-8-7-13-5-4-6-17-20(2,15(13)9-14)25-19(21)26(3)30(17,28)29/h7-11,17,28-29H,4-6H2,1-3H3,(H2,21,25)(H,24,27)/t17-,20+/m0/s1. The quantitative estimate of drug-likeness (QED) is 0.575. The number of nitrogens with zero attached hydrogens (tertiary/aromatic N) is 4. The monoisotopic (exact) mass is 430 g/mol. The first-order valence-corrected chi connectivity index (χ1v) is 11.3. The van der Waals surface area contributed by atoms with E-state index < -0.39 is 21.6 Å². The summed E-state index contributed by atoms with van der Waals surface area (Å²) in [6.07, 6.45) is 5.17. The molecule has 0 saturated heterocycles. The van der Waals surface area contributed by atoms with Crippen molar-refractivity contribution in [2.45, 2.75) is 43.9 Å². The number of carbonyl (C=O) groups excluding carboxylic acids is 1. The Morgan fingerprint density at radius 1 is 1.33 bits per heavy atom. The van der Waals surface area contributed by atoms with Gasteiger partial charge in [-0.3, -0.25) is 18.9 Å². The fraction of sp³-hybridized carbons (Fsp3) is 0.400. The number of anilines is 1. The number of benzene rings is 1. The highest BCUT2D eigenvalue weighted by Gasteiger charge is 2.51. The molecule has 2 aliphatic rings. The van der Waals surface area contributed by atoms with Gasteiger partial charge in [-0.1, -0.05) is 6.07 Å². The molecule has 160 valence electrons. The minimum Gasteiger partial charge on any atom is -0.369 e. The third-order valence-corrected chi connectivity index (χ3v) is 8.37. The molecule has 0 unspecified atom stereocenters. The van der Waals surface area contributed by atoms with Crippen molar-refractivity contribution in [3.05, 3.63) is 53.1 Å². The lowest BCUT2D eigenvalue weighted by atomic mass is 9.86. The van der Waals surface area contributed by atoms with E-state index in [4.69, 9.17) is 5.73 Å². The minimum absolute atomic E-state index is 0.0889. The molecule has 2 aromatic rings. The summed E-state index contributed by atoms with van der Waals surface area (Å²) in [4.78, 5) is 25.5. The third kappa shape index (κ3) is 3.30. The number of hydrogen-bond acceptors (Lipinski definition) is 8. The van der Waals surface area contributed by atoms with E-state index in [-0.39, 0.29) is 17.6 Å². The van der Waals surface area contributed by atoms with Crippen LogP contribution in [-0.2, 0) is 12.0 Å². The van der Waals surface area contributed by atoms with Gasteiger partial charge in [-0.2, -0.15) is 0 Å². The van der Waals surface area contributed by atoms with Crippen molar-refractivity contribution in [2.75, 3.05) is 12.4 Å². The van der Waals surface area contributed by atoms with Crippen LogP contribution >= 0.6 is 10.8 Å². The molecule has 1 aliphatic heterocycles. The Bertz CT molecular complexity index is 1030. The van der Waals surface area contributed by atoms with Gasteiger partial charge in [0.25, 0.3) is 5.91 Å². The van der Waals surface area contributed by atoms with Gasteiger partial charge < -0.3 is 11.1 Å². The van der Waals surface area contributed by atoms with E-state index in [2.05, 4.69) is 20.3 Å². The Labute approximate surface area is 176 Å². The summed E-state index contributed by atoms with van der Waals surface area (Å²) in [6.45, 7) is 3.68. The first-order valence-electron chi connectivity index (χ1n) is 9.72. The zero-order valence-corrected chi connectivity index (χ0v) is 18.0. The van der Waals surface area contributed by atoms with Gasteiger partial charge in [0.15, 0.2) is 0 Å². The smallest absolute Gasteiger partial charge is 0.275 e. The Morgan fingerprint density at radius 3 is 2.80 bits per heavy atom. The van der Waals surface area contributed by atoms with Crippen LogP contribution in [0.2, 0.25) is 0 Å². The van der Waals surface area contributed by atoms with Crippen molar-refractivity contribution < 1.29 is 13.9 Å². The zero-order chi connectivity index (χ0) is 21.7. The molecule has 0 fully saturated rings. The highest BCUT2D eigenvalue weighted by atomic mass is 32.3. The summed E-state index contributed by atoms with van der Waals surface area (Å²) in [6, 6.07) is 5.64. The van der Waals surface area contributed by atoms with Crippen LogP contribution in [0.1, 0.15) is 47.1 Å². The average Bonchev–Trinajstić information content (AvgIpc) is 2.84. The molecule has 0 bridgehead atoms. The second-order valence-corrected chi connectivity index (χ2v) is 10.2. The van der Waals surface area contributed by atoms with Gasteiger partial charge in [-0.05, 0) is 56.4 Å². The van der Waals surface area contributed by atoms with E-state index in [1.165, 1.54) is 10.5 Å². The molecule has 4 rings (SSSR count). The molecule has 1 aromatic carbocycles. The molecule has 2 heterocycles. The number of amides is 1. The molecular weight excluding hydrogens is 404 g/mol. The first-order chi connectivity index (χ1) is 14.1. The molecule has 0 spiro atoms. The molecule has 30 heavy (non-hydrogen) atoms. The van der Waals surface area contributed by atoms with Crippen LogP contribution in [0.25, 0.3) is 0 Å². The number of nitrogens with one attached hydrogen (secondary N) is 1. The lowest BCUT2D eigenvalue weighted by Gasteiger charge is -2.55. The van der Waals surface area contributed by atoms with Crippen molar-refractivity contribution >= 4 is 28.3 Å². The number of carbonyl (C=O) groups is 1. The summed E-state index contributed by atoms with van der Waals surface area (Å²) < 4.78 is 23.1. The highest BCUT2D eigenvalue weighted by Crippen LogP contribution is 2.60. The minimum atomic E-state index is -3.15. The van der Waals surface area contributed by atoms with E-state index >= 15 is 0 Å². The van der Waals surface area contributed by atoms with Crippen LogP contribution in [0.3, 0.4) is 0 Å². The van der Waals surface area contributed by atoms with Crippen LogP contribution in [0.4, 0.5) is 5.69 Å². The lowest BCUT2D eigenvalue weighted by Crippen LogP contribution is -2.53. The summed E-state index contributed by atoms with van der Waals surface area (Å²) in [5.74, 6) is -0.278. The number of fused-ring (bicyclic) bond motifs is 3. The summed E-state index contributed by atoms with van der Waals surface area (Å²) >= 11 is 0. The van der Waals surface area contributed by atoms with Crippen molar-refractivity contribution in [2.24, 2.45) is 10.7 Å². The van der Waals surface area contributed by atoms with E-state index in [1.807, 2.05) is 25.1 Å². The molecular formula is C20H26N6O3S. The maximum Gasteiger partial charge on any atom is 0.275 e. The Hall–Kier alpha value is -2.69. The molecule has 1 amide bonds. The van der Waals surface area contributed by atoms with Crippen molar-refractivity contribution in [3.8, 4) is 0 Å². The highest BCUT2D eigenvalue weighted by molar-refractivity contribution is 8.23. The largest absolute Gasteiger partial charge is 0.369 e. The number of hydrogen-bond donors (Lipinski definition) is 4. The molecule has 5 N–H and O–H groups in total. The Kier molecular flexibility index (Phi) is 4.95. The number of rotatable bonds is 2. The summed E-state index contributed by atoms with van der Waals surface area (Å²) in [5.41, 5.74) is 8.57. The van der Waals surface area contributed by atoms with Crippen molar-refractivity contribution in [3.63, 3.8) is 0 Å². The van der Waals surface area contributed by atoms with Gasteiger partial charge in [-0.25, -0.2) is 14.3 Å². The second kappa shape index (κ2) is 7.22. The molecule has 1 aliphatic carbocycles. The average molecular weight is 431 g/mol. The Balaban J connectivity index is 1.74. The van der Waals surface area contributed by atoms with Crippen LogP contribution in [-0.4, -0.2) is 47.5 Å². The van der Waals surface area contributed by atoms with Gasteiger partial charge in [0.05, 0.1) is 17.1 Å². The Morgan fingerprint density at radius 2 is 2.10 bits per heavy atom. The summed E-state index contributed by atoms with van der Waals surface area (Å²) in [5, 5.41) is 2.35. The maximum absolute atomic E-state index is 12.6. The predicted octanol–water partition coefficient (Wildman–Crippen LogP) is 2.88. The van der Waals surface area contributed by atoms with Gasteiger partial charge in [0, 0.05) is 18.9 Å². The van der Waals surface area contributed by atoms with Crippen LogP contribution in [0, 0.1) is 6.92 Å². The van der Waals surface area contributed by atoms with Crippen molar-refractivity contribution in [1.29, 1.82) is 0 Å². The zero-order valence-electron chi connectivity index (χ0n) is 17.2. The fourth-order valence-corrected chi connectivity index (χ4v) is 6.19. The van der Waals surface area contributed by atoms with Gasteiger partial charge >= 0.3 is 0 Å². The number of aryl methyl sites for hydroxylation is 2. The summed E-state index contributed by atoms with van der Waals surface area (Å²) in [7, 11) is -1.59. The second-order valence-electron chi connectivity index (χ2n) is 7.93. The van der Waals surface area contributed by atoms with Crippen molar-refractivity contribution in [1.82, 2.24) is 14.3 Å². The topological polar surface area (TPSA) is 137 Å².